The summed E-state index contributed by atoms with van der Waals surface area (Å²) in [6.45, 7) is 5.29. The third kappa shape index (κ3) is 19.4. The van der Waals surface area contributed by atoms with Crippen molar-refractivity contribution in [2.45, 2.75) is 20.8 Å². The van der Waals surface area contributed by atoms with E-state index >= 15 is 0 Å². The lowest BCUT2D eigenvalue weighted by Gasteiger charge is -1.87. The Bertz CT molecular complexity index is 611. The lowest BCUT2D eigenvalue weighted by Crippen LogP contribution is -1.67. The van der Waals surface area contributed by atoms with E-state index in [0.29, 0.717) is 11.1 Å². The van der Waals surface area contributed by atoms with Crippen LogP contribution in [0.3, 0.4) is 0 Å². The fourth-order valence-electron chi connectivity index (χ4n) is 1.35. The Kier molecular flexibility index (Phi) is 17.7. The first-order valence-electron chi connectivity index (χ1n) is 7.98. The molecule has 148 valence electrons. The molecule has 2 rings (SSSR count). The topological polar surface area (TPSA) is 0 Å². The van der Waals surface area contributed by atoms with Crippen molar-refractivity contribution < 1.29 is 26.3 Å². The molecule has 27 heavy (non-hydrogen) atoms. The largest absolute Gasteiger partial charge is 0.270 e. The molecule has 0 aliphatic rings. The van der Waals surface area contributed by atoms with Crippen LogP contribution in [0.4, 0.5) is 26.3 Å². The van der Waals surface area contributed by atoms with E-state index in [2.05, 4.69) is 0 Å². The fraction of sp³-hybridized carbons (Fsp3) is 0.143. The smallest absolute Gasteiger partial charge is 0.174 e. The standard InChI is InChI=1S/2C8H6F2.C3H4F2.C2H6/c2*9-8(10)6-7-4-2-1-3-5-7;1-2-3(4)5;1-2/h2*1-6H;2H,1H3;1-2H3. The number of hydrogen-bond donors (Lipinski definition) is 0. The quantitative estimate of drug-likeness (QED) is 0.452. The Hall–Kier alpha value is -2.76. The first-order valence-corrected chi connectivity index (χ1v) is 7.98. The summed E-state index contributed by atoms with van der Waals surface area (Å²) in [6.07, 6.45) is -2.53. The van der Waals surface area contributed by atoms with E-state index in [9.17, 15) is 26.3 Å². The zero-order chi connectivity index (χ0) is 21.1. The Morgan fingerprint density at radius 2 is 0.815 bits per heavy atom. The molecule has 0 aromatic heterocycles. The molecule has 0 saturated carbocycles. The summed E-state index contributed by atoms with van der Waals surface area (Å²) in [6, 6.07) is 16.9. The summed E-state index contributed by atoms with van der Waals surface area (Å²) >= 11 is 0. The van der Waals surface area contributed by atoms with Gasteiger partial charge in [-0.3, -0.25) is 0 Å². The average Bonchev–Trinajstić information content (AvgIpc) is 2.65. The van der Waals surface area contributed by atoms with Gasteiger partial charge in [-0.15, -0.1) is 0 Å². The molecule has 0 aliphatic carbocycles. The van der Waals surface area contributed by atoms with Gasteiger partial charge in [0.1, 0.15) is 0 Å². The summed E-state index contributed by atoms with van der Waals surface area (Å²) in [5, 5.41) is 0. The molecule has 0 heterocycles. The summed E-state index contributed by atoms with van der Waals surface area (Å²) in [5.41, 5.74) is 1.06. The molecule has 0 radical (unpaired) electrons. The van der Waals surface area contributed by atoms with Crippen LogP contribution in [0.2, 0.25) is 0 Å². The maximum Gasteiger partial charge on any atom is 0.270 e. The zero-order valence-electron chi connectivity index (χ0n) is 15.3. The van der Waals surface area contributed by atoms with Crippen LogP contribution < -0.4 is 0 Å². The van der Waals surface area contributed by atoms with E-state index in [0.717, 1.165) is 18.2 Å². The summed E-state index contributed by atoms with van der Waals surface area (Å²) in [5.74, 6) is 0. The highest BCUT2D eigenvalue weighted by molar-refractivity contribution is 5.49. The van der Waals surface area contributed by atoms with Gasteiger partial charge in [0.2, 0.25) is 0 Å². The number of hydrogen-bond acceptors (Lipinski definition) is 0. The van der Waals surface area contributed by atoms with Crippen molar-refractivity contribution >= 4 is 12.2 Å². The second-order valence-electron chi connectivity index (χ2n) is 4.27. The molecule has 6 heteroatoms. The Morgan fingerprint density at radius 3 is 1.00 bits per heavy atom. The van der Waals surface area contributed by atoms with Crippen LogP contribution in [-0.4, -0.2) is 0 Å². The first-order chi connectivity index (χ1) is 12.8. The monoisotopic (exact) mass is 388 g/mol. The van der Waals surface area contributed by atoms with Gasteiger partial charge in [0.25, 0.3) is 18.2 Å². The van der Waals surface area contributed by atoms with E-state index in [4.69, 9.17) is 0 Å². The van der Waals surface area contributed by atoms with Gasteiger partial charge in [0.05, 0.1) is 0 Å². The van der Waals surface area contributed by atoms with Crippen molar-refractivity contribution in [3.05, 3.63) is 96.1 Å². The van der Waals surface area contributed by atoms with Gasteiger partial charge in [-0.05, 0) is 24.1 Å². The van der Waals surface area contributed by atoms with Crippen LogP contribution in [0.25, 0.3) is 12.2 Å². The first kappa shape index (κ1) is 26.5. The lowest BCUT2D eigenvalue weighted by atomic mass is 10.2. The Labute approximate surface area is 156 Å². The van der Waals surface area contributed by atoms with Crippen LogP contribution in [0.5, 0.6) is 0 Å². The highest BCUT2D eigenvalue weighted by atomic mass is 19.3. The van der Waals surface area contributed by atoms with Crippen LogP contribution in [0.15, 0.2) is 85.0 Å². The summed E-state index contributed by atoms with van der Waals surface area (Å²) < 4.78 is 67.6. The molecule has 0 unspecified atom stereocenters. The number of allylic oxidation sites excluding steroid dienone is 1. The van der Waals surface area contributed by atoms with Crippen molar-refractivity contribution in [2.75, 3.05) is 0 Å². The molecule has 0 atom stereocenters. The molecular weight excluding hydrogens is 366 g/mol. The summed E-state index contributed by atoms with van der Waals surface area (Å²) in [4.78, 5) is 0. The highest BCUT2D eigenvalue weighted by Gasteiger charge is 1.89. The Morgan fingerprint density at radius 1 is 0.556 bits per heavy atom. The maximum absolute atomic E-state index is 11.6. The predicted octanol–water partition coefficient (Wildman–Crippen LogP) is 8.66. The molecule has 0 fully saturated rings. The molecule has 0 saturated heterocycles. The SMILES string of the molecule is CC.CC=C(F)F.FC(F)=Cc1ccccc1.FC(F)=Cc1ccccc1. The van der Waals surface area contributed by atoms with Gasteiger partial charge in [0.15, 0.2) is 0 Å². The molecule has 0 amide bonds. The molecule has 2 aromatic carbocycles. The Balaban J connectivity index is 0. The number of benzene rings is 2. The molecular formula is C21H22F6. The highest BCUT2D eigenvalue weighted by Crippen LogP contribution is 2.08. The van der Waals surface area contributed by atoms with E-state index in [1.807, 2.05) is 13.8 Å². The van der Waals surface area contributed by atoms with Crippen LogP contribution in [0.1, 0.15) is 31.9 Å². The minimum absolute atomic E-state index is 0.530. The zero-order valence-corrected chi connectivity index (χ0v) is 15.3. The number of rotatable bonds is 2. The van der Waals surface area contributed by atoms with Gasteiger partial charge in [0, 0.05) is 12.2 Å². The van der Waals surface area contributed by atoms with Crippen LogP contribution in [-0.2, 0) is 0 Å². The second kappa shape index (κ2) is 18.0. The van der Waals surface area contributed by atoms with Crippen molar-refractivity contribution in [1.82, 2.24) is 0 Å². The average molecular weight is 388 g/mol. The fourth-order valence-corrected chi connectivity index (χ4v) is 1.35. The molecule has 0 N–H and O–H groups in total. The van der Waals surface area contributed by atoms with Crippen LogP contribution >= 0.6 is 0 Å². The van der Waals surface area contributed by atoms with Crippen molar-refractivity contribution in [3.63, 3.8) is 0 Å². The summed E-state index contributed by atoms with van der Waals surface area (Å²) in [7, 11) is 0. The normalized spacial score (nSPS) is 8.19. The van der Waals surface area contributed by atoms with Gasteiger partial charge in [-0.25, -0.2) is 0 Å². The van der Waals surface area contributed by atoms with E-state index in [1.54, 1.807) is 60.7 Å². The molecule has 0 nitrogen and oxygen atoms in total. The van der Waals surface area contributed by atoms with Gasteiger partial charge in [-0.1, -0.05) is 74.5 Å². The molecule has 0 bridgehead atoms. The molecule has 2 aromatic rings. The minimum atomic E-state index is -1.66. The van der Waals surface area contributed by atoms with Gasteiger partial charge >= 0.3 is 0 Å². The maximum atomic E-state index is 11.6. The van der Waals surface area contributed by atoms with Crippen LogP contribution in [0, 0.1) is 0 Å². The molecule has 0 aliphatic heterocycles. The van der Waals surface area contributed by atoms with E-state index in [1.165, 1.54) is 6.92 Å². The third-order valence-corrected chi connectivity index (χ3v) is 2.37. The van der Waals surface area contributed by atoms with E-state index in [-0.39, 0.29) is 0 Å². The predicted molar refractivity (Wildman–Crippen MR) is 101 cm³/mol. The van der Waals surface area contributed by atoms with Gasteiger partial charge < -0.3 is 0 Å². The van der Waals surface area contributed by atoms with Crippen molar-refractivity contribution in [3.8, 4) is 0 Å². The second-order valence-corrected chi connectivity index (χ2v) is 4.27. The third-order valence-electron chi connectivity index (χ3n) is 2.37. The van der Waals surface area contributed by atoms with Crippen molar-refractivity contribution in [1.29, 1.82) is 0 Å². The number of halogens is 6. The van der Waals surface area contributed by atoms with Gasteiger partial charge in [-0.2, -0.15) is 26.3 Å². The minimum Gasteiger partial charge on any atom is -0.174 e. The van der Waals surface area contributed by atoms with E-state index < -0.39 is 18.2 Å². The lowest BCUT2D eigenvalue weighted by molar-refractivity contribution is 0.420. The van der Waals surface area contributed by atoms with Crippen molar-refractivity contribution in [2.24, 2.45) is 0 Å². The molecule has 0 spiro atoms.